The highest BCUT2D eigenvalue weighted by Gasteiger charge is 2.32. The second-order valence-electron chi connectivity index (χ2n) is 7.47. The lowest BCUT2D eigenvalue weighted by Crippen LogP contribution is -2.49. The van der Waals surface area contributed by atoms with Gasteiger partial charge in [0.25, 0.3) is 0 Å². The number of carbonyl (C=O) groups is 2. The fraction of sp³-hybridized carbons (Fsp3) is 0.273. The third-order valence-electron chi connectivity index (χ3n) is 5.67. The Morgan fingerprint density at radius 1 is 1.00 bits per heavy atom. The number of carboxylic acid groups (broad SMARTS) is 2. The molecule has 0 amide bonds. The highest BCUT2D eigenvalue weighted by molar-refractivity contribution is 5.96. The average molecular weight is 411 g/mol. The topological polar surface area (TPSA) is 86.0 Å². The van der Waals surface area contributed by atoms with Crippen LogP contribution in [0, 0.1) is 5.82 Å². The van der Waals surface area contributed by atoms with Gasteiger partial charge in [-0.05, 0) is 42.5 Å². The number of hydrogen-bond acceptors (Lipinski definition) is 4. The van der Waals surface area contributed by atoms with Crippen LogP contribution < -0.4 is 4.90 Å². The van der Waals surface area contributed by atoms with E-state index in [1.165, 1.54) is 24.3 Å². The second kappa shape index (κ2) is 7.79. The molecule has 0 aliphatic carbocycles. The third kappa shape index (κ3) is 3.61. The fourth-order valence-electron chi connectivity index (χ4n) is 4.15. The number of piperazine rings is 1. The van der Waals surface area contributed by atoms with Crippen LogP contribution in [0.1, 0.15) is 22.0 Å². The molecule has 30 heavy (non-hydrogen) atoms. The second-order valence-corrected chi connectivity index (χ2v) is 7.47. The summed E-state index contributed by atoms with van der Waals surface area (Å²) in [5.41, 5.74) is 2.39. The number of fused-ring (bicyclic) bond motifs is 1. The smallest absolute Gasteiger partial charge is 0.335 e. The summed E-state index contributed by atoms with van der Waals surface area (Å²) < 4.78 is 15.0. The van der Waals surface area contributed by atoms with Gasteiger partial charge in [0.15, 0.2) is 0 Å². The summed E-state index contributed by atoms with van der Waals surface area (Å²) in [6, 6.07) is 10.1. The summed E-state index contributed by atoms with van der Waals surface area (Å²) in [5.74, 6) is -2.31. The van der Waals surface area contributed by atoms with Crippen LogP contribution in [-0.2, 0) is 11.8 Å². The molecule has 1 fully saturated rings. The maximum atomic E-state index is 13.2. The van der Waals surface area contributed by atoms with E-state index in [9.17, 15) is 24.2 Å². The van der Waals surface area contributed by atoms with Crippen LogP contribution in [0.5, 0.6) is 0 Å². The number of aryl methyl sites for hydroxylation is 1. The molecule has 1 saturated heterocycles. The summed E-state index contributed by atoms with van der Waals surface area (Å²) in [5, 5.41) is 20.0. The first-order valence-corrected chi connectivity index (χ1v) is 9.65. The Balaban J connectivity index is 1.62. The van der Waals surface area contributed by atoms with Crippen molar-refractivity contribution in [2.45, 2.75) is 6.04 Å². The SMILES string of the molecule is Cn1cc([C@H](C(=O)O)N2CCN(c3ccc(F)cc3)CC2)c2cc(C(=O)O)ccc21. The summed E-state index contributed by atoms with van der Waals surface area (Å²) >= 11 is 0. The van der Waals surface area contributed by atoms with Crippen LogP contribution in [-0.4, -0.2) is 57.8 Å². The first-order valence-electron chi connectivity index (χ1n) is 9.65. The van der Waals surface area contributed by atoms with E-state index >= 15 is 0 Å². The molecule has 1 atom stereocenters. The molecule has 2 aromatic carbocycles. The zero-order valence-corrected chi connectivity index (χ0v) is 16.5. The van der Waals surface area contributed by atoms with Gasteiger partial charge in [-0.25, -0.2) is 9.18 Å². The quantitative estimate of drug-likeness (QED) is 0.671. The number of carboxylic acids is 2. The van der Waals surface area contributed by atoms with Gasteiger partial charge in [0.05, 0.1) is 5.56 Å². The van der Waals surface area contributed by atoms with Gasteiger partial charge in [-0.1, -0.05) is 0 Å². The summed E-state index contributed by atoms with van der Waals surface area (Å²) in [7, 11) is 1.82. The maximum absolute atomic E-state index is 13.2. The number of hydrogen-bond donors (Lipinski definition) is 2. The minimum absolute atomic E-state index is 0.125. The van der Waals surface area contributed by atoms with Gasteiger partial charge in [-0.3, -0.25) is 9.69 Å². The van der Waals surface area contributed by atoms with Gasteiger partial charge in [-0.2, -0.15) is 0 Å². The lowest BCUT2D eigenvalue weighted by molar-refractivity contribution is -0.143. The highest BCUT2D eigenvalue weighted by atomic mass is 19.1. The van der Waals surface area contributed by atoms with Gasteiger partial charge in [-0.15, -0.1) is 0 Å². The molecule has 156 valence electrons. The molecule has 4 rings (SSSR count). The molecule has 8 heteroatoms. The van der Waals surface area contributed by atoms with Crippen molar-refractivity contribution in [1.29, 1.82) is 0 Å². The first-order chi connectivity index (χ1) is 14.3. The Bertz CT molecular complexity index is 1100. The van der Waals surface area contributed by atoms with Crippen molar-refractivity contribution in [3.05, 3.63) is 65.6 Å². The van der Waals surface area contributed by atoms with Gasteiger partial charge in [0.2, 0.25) is 0 Å². The molecule has 7 nitrogen and oxygen atoms in total. The number of anilines is 1. The largest absolute Gasteiger partial charge is 0.480 e. The summed E-state index contributed by atoms with van der Waals surface area (Å²) in [6.45, 7) is 2.26. The summed E-state index contributed by atoms with van der Waals surface area (Å²) in [4.78, 5) is 27.6. The number of halogens is 1. The zero-order chi connectivity index (χ0) is 21.4. The molecule has 0 bridgehead atoms. The number of nitrogens with zero attached hydrogens (tertiary/aromatic N) is 3. The Morgan fingerprint density at radius 2 is 1.67 bits per heavy atom. The van der Waals surface area contributed by atoms with Crippen molar-refractivity contribution in [3.8, 4) is 0 Å². The van der Waals surface area contributed by atoms with Crippen molar-refractivity contribution in [2.75, 3.05) is 31.1 Å². The fourth-order valence-corrected chi connectivity index (χ4v) is 4.15. The minimum atomic E-state index is -1.05. The number of aromatic carboxylic acids is 1. The predicted molar refractivity (Wildman–Crippen MR) is 110 cm³/mol. The molecule has 1 aromatic heterocycles. The van der Waals surface area contributed by atoms with Gasteiger partial charge < -0.3 is 19.7 Å². The molecule has 1 aliphatic heterocycles. The van der Waals surface area contributed by atoms with Gasteiger partial charge >= 0.3 is 11.9 Å². The van der Waals surface area contributed by atoms with Crippen LogP contribution in [0.3, 0.4) is 0 Å². The number of aromatic nitrogens is 1. The molecule has 0 radical (unpaired) electrons. The van der Waals surface area contributed by atoms with Crippen molar-refractivity contribution in [2.24, 2.45) is 7.05 Å². The highest BCUT2D eigenvalue weighted by Crippen LogP contribution is 2.32. The lowest BCUT2D eigenvalue weighted by atomic mass is 10.0. The van der Waals surface area contributed by atoms with E-state index in [4.69, 9.17) is 0 Å². The molecular formula is C22H22FN3O4. The minimum Gasteiger partial charge on any atom is -0.480 e. The molecule has 1 aliphatic rings. The van der Waals surface area contributed by atoms with Crippen molar-refractivity contribution in [1.82, 2.24) is 9.47 Å². The van der Waals surface area contributed by atoms with Crippen LogP contribution in [0.25, 0.3) is 10.9 Å². The molecule has 2 N–H and O–H groups in total. The molecule has 0 unspecified atom stereocenters. The molecule has 0 spiro atoms. The number of rotatable bonds is 5. The lowest BCUT2D eigenvalue weighted by Gasteiger charge is -2.38. The van der Waals surface area contributed by atoms with Crippen molar-refractivity contribution in [3.63, 3.8) is 0 Å². The Morgan fingerprint density at radius 3 is 2.27 bits per heavy atom. The predicted octanol–water partition coefficient (Wildman–Crippen LogP) is 2.96. The van der Waals surface area contributed by atoms with Gasteiger partial charge in [0.1, 0.15) is 11.9 Å². The van der Waals surface area contributed by atoms with Crippen LogP contribution in [0.4, 0.5) is 10.1 Å². The Labute approximate surface area is 172 Å². The zero-order valence-electron chi connectivity index (χ0n) is 16.5. The monoisotopic (exact) mass is 411 g/mol. The van der Waals surface area contributed by atoms with E-state index < -0.39 is 18.0 Å². The van der Waals surface area contributed by atoms with E-state index in [1.807, 2.05) is 16.5 Å². The van der Waals surface area contributed by atoms with Gasteiger partial charge in [0, 0.05) is 61.6 Å². The molecule has 3 aromatic rings. The molecule has 0 saturated carbocycles. The van der Waals surface area contributed by atoms with Crippen LogP contribution in [0.15, 0.2) is 48.7 Å². The van der Waals surface area contributed by atoms with E-state index in [1.54, 1.807) is 24.4 Å². The van der Waals surface area contributed by atoms with E-state index in [0.29, 0.717) is 37.1 Å². The standard InChI is InChI=1S/C22H22FN3O4/c1-24-13-18(17-12-14(21(27)28)2-7-19(17)24)20(22(29)30)26-10-8-25(9-11-26)16-5-3-15(23)4-6-16/h2-7,12-13,20H,8-11H2,1H3,(H,27,28)(H,29,30)/t20-/m1/s1. The maximum Gasteiger partial charge on any atom is 0.335 e. The third-order valence-corrected chi connectivity index (χ3v) is 5.67. The number of aliphatic carboxylic acids is 1. The number of benzene rings is 2. The van der Waals surface area contributed by atoms with Crippen LogP contribution in [0.2, 0.25) is 0 Å². The van der Waals surface area contributed by atoms with Crippen LogP contribution >= 0.6 is 0 Å². The van der Waals surface area contributed by atoms with E-state index in [0.717, 1.165) is 11.2 Å². The molecular weight excluding hydrogens is 389 g/mol. The van der Waals surface area contributed by atoms with Crippen molar-refractivity contribution >= 4 is 28.5 Å². The molecule has 2 heterocycles. The van der Waals surface area contributed by atoms with Crippen molar-refractivity contribution < 1.29 is 24.2 Å². The van der Waals surface area contributed by atoms with E-state index in [-0.39, 0.29) is 11.4 Å². The normalized spacial score (nSPS) is 16.0. The Hall–Kier alpha value is -3.39. The Kier molecular flexibility index (Phi) is 5.17. The summed E-state index contributed by atoms with van der Waals surface area (Å²) in [6.07, 6.45) is 1.77. The first kappa shape index (κ1) is 19.9. The average Bonchev–Trinajstić information content (AvgIpc) is 3.05. The van der Waals surface area contributed by atoms with E-state index in [2.05, 4.69) is 4.90 Å².